The molecule has 4 heteroatoms. The van der Waals surface area contributed by atoms with Gasteiger partial charge in [-0.05, 0) is 30.2 Å². The second-order valence-electron chi connectivity index (χ2n) is 3.61. The van der Waals surface area contributed by atoms with Crippen LogP contribution in [0.1, 0.15) is 24.8 Å². The third kappa shape index (κ3) is 3.59. The summed E-state index contributed by atoms with van der Waals surface area (Å²) in [7, 11) is 1.55. The van der Waals surface area contributed by atoms with E-state index in [0.717, 1.165) is 11.6 Å². The standard InChI is InChI=1S/C13H15FO3/c1-3-9(8-12(14)13(15)16)10-5-4-6-11(7-10)17-2/h4-9H,3H2,1-2H3,(H,15,16). The zero-order chi connectivity index (χ0) is 12.8. The normalized spacial score (nSPS) is 13.2. The lowest BCUT2D eigenvalue weighted by molar-refractivity contribution is -0.134. The van der Waals surface area contributed by atoms with Crippen LogP contribution in [0.25, 0.3) is 0 Å². The van der Waals surface area contributed by atoms with Gasteiger partial charge in [0.2, 0.25) is 5.83 Å². The lowest BCUT2D eigenvalue weighted by Gasteiger charge is -2.11. The highest BCUT2D eigenvalue weighted by molar-refractivity contribution is 5.84. The molecular weight excluding hydrogens is 223 g/mol. The lowest BCUT2D eigenvalue weighted by atomic mass is 9.95. The molecule has 0 aliphatic heterocycles. The Balaban J connectivity index is 3.01. The number of allylic oxidation sites excluding steroid dienone is 1. The van der Waals surface area contributed by atoms with E-state index in [1.54, 1.807) is 25.3 Å². The Kier molecular flexibility index (Phi) is 4.69. The predicted octanol–water partition coefficient (Wildman–Crippen LogP) is 3.13. The van der Waals surface area contributed by atoms with E-state index in [-0.39, 0.29) is 5.92 Å². The van der Waals surface area contributed by atoms with Crippen molar-refractivity contribution in [1.82, 2.24) is 0 Å². The summed E-state index contributed by atoms with van der Waals surface area (Å²) in [5.74, 6) is -2.25. The number of benzene rings is 1. The number of aliphatic carboxylic acids is 1. The van der Waals surface area contributed by atoms with Gasteiger partial charge in [-0.25, -0.2) is 4.79 Å². The van der Waals surface area contributed by atoms with Crippen molar-refractivity contribution in [2.24, 2.45) is 0 Å². The number of carbonyl (C=O) groups is 1. The van der Waals surface area contributed by atoms with Crippen molar-refractivity contribution in [3.05, 3.63) is 41.7 Å². The summed E-state index contributed by atoms with van der Waals surface area (Å²) in [5.41, 5.74) is 0.836. The SMILES string of the molecule is CCC(C=C(F)C(=O)O)c1cccc(OC)c1. The molecule has 0 aromatic heterocycles. The molecule has 0 heterocycles. The number of halogens is 1. The van der Waals surface area contributed by atoms with E-state index in [1.165, 1.54) is 0 Å². The number of hydrogen-bond donors (Lipinski definition) is 1. The van der Waals surface area contributed by atoms with Crippen LogP contribution in [0, 0.1) is 0 Å². The van der Waals surface area contributed by atoms with Crippen LogP contribution < -0.4 is 4.74 Å². The topological polar surface area (TPSA) is 46.5 Å². The molecule has 1 unspecified atom stereocenters. The molecule has 0 radical (unpaired) electrons. The van der Waals surface area contributed by atoms with Gasteiger partial charge in [0.25, 0.3) is 0 Å². The zero-order valence-corrected chi connectivity index (χ0v) is 9.81. The van der Waals surface area contributed by atoms with Crippen molar-refractivity contribution < 1.29 is 19.0 Å². The summed E-state index contributed by atoms with van der Waals surface area (Å²) in [6.07, 6.45) is 1.74. The summed E-state index contributed by atoms with van der Waals surface area (Å²) < 4.78 is 18.1. The summed E-state index contributed by atoms with van der Waals surface area (Å²) in [6, 6.07) is 7.18. The molecule has 0 bridgehead atoms. The zero-order valence-electron chi connectivity index (χ0n) is 9.81. The fraction of sp³-hybridized carbons (Fsp3) is 0.308. The van der Waals surface area contributed by atoms with Crippen LogP contribution in [0.2, 0.25) is 0 Å². The Bertz CT molecular complexity index is 426. The van der Waals surface area contributed by atoms with Crippen LogP contribution in [0.5, 0.6) is 5.75 Å². The number of carboxylic acids is 1. The summed E-state index contributed by atoms with van der Waals surface area (Å²) >= 11 is 0. The van der Waals surface area contributed by atoms with E-state index >= 15 is 0 Å². The third-order valence-corrected chi connectivity index (χ3v) is 2.51. The molecular formula is C13H15FO3. The molecule has 92 valence electrons. The van der Waals surface area contributed by atoms with E-state index in [0.29, 0.717) is 12.2 Å². The van der Waals surface area contributed by atoms with Crippen molar-refractivity contribution in [3.63, 3.8) is 0 Å². The summed E-state index contributed by atoms with van der Waals surface area (Å²) in [4.78, 5) is 10.4. The minimum atomic E-state index is -1.54. The molecule has 0 aliphatic carbocycles. The monoisotopic (exact) mass is 238 g/mol. The van der Waals surface area contributed by atoms with Crippen LogP contribution in [0.15, 0.2) is 36.2 Å². The Morgan fingerprint density at radius 3 is 2.82 bits per heavy atom. The second-order valence-corrected chi connectivity index (χ2v) is 3.61. The van der Waals surface area contributed by atoms with E-state index in [2.05, 4.69) is 0 Å². The molecule has 1 N–H and O–H groups in total. The number of rotatable bonds is 5. The maximum absolute atomic E-state index is 13.1. The molecule has 1 aromatic carbocycles. The van der Waals surface area contributed by atoms with Crippen LogP contribution in [-0.4, -0.2) is 18.2 Å². The van der Waals surface area contributed by atoms with Crippen molar-refractivity contribution in [2.75, 3.05) is 7.11 Å². The van der Waals surface area contributed by atoms with E-state index in [9.17, 15) is 9.18 Å². The predicted molar refractivity (Wildman–Crippen MR) is 62.9 cm³/mol. The average Bonchev–Trinajstić information content (AvgIpc) is 2.35. The number of ether oxygens (including phenoxy) is 1. The van der Waals surface area contributed by atoms with Crippen LogP contribution >= 0.6 is 0 Å². The second kappa shape index (κ2) is 6.03. The molecule has 1 aromatic rings. The van der Waals surface area contributed by atoms with E-state index in [4.69, 9.17) is 9.84 Å². The van der Waals surface area contributed by atoms with Crippen molar-refractivity contribution >= 4 is 5.97 Å². The lowest BCUT2D eigenvalue weighted by Crippen LogP contribution is -2.00. The summed E-state index contributed by atoms with van der Waals surface area (Å²) in [5, 5.41) is 8.51. The van der Waals surface area contributed by atoms with Crippen LogP contribution in [0.4, 0.5) is 4.39 Å². The van der Waals surface area contributed by atoms with Gasteiger partial charge in [0.15, 0.2) is 0 Å². The Morgan fingerprint density at radius 1 is 1.59 bits per heavy atom. The first kappa shape index (κ1) is 13.2. The first-order chi connectivity index (χ1) is 8.08. The van der Waals surface area contributed by atoms with Gasteiger partial charge in [0.1, 0.15) is 5.75 Å². The molecule has 0 amide bonds. The van der Waals surface area contributed by atoms with Gasteiger partial charge in [-0.2, -0.15) is 4.39 Å². The molecule has 0 saturated carbocycles. The van der Waals surface area contributed by atoms with Crippen molar-refractivity contribution in [2.45, 2.75) is 19.3 Å². The molecule has 0 aliphatic rings. The molecule has 1 atom stereocenters. The van der Waals surface area contributed by atoms with Gasteiger partial charge < -0.3 is 9.84 Å². The quantitative estimate of drug-likeness (QED) is 0.801. The smallest absolute Gasteiger partial charge is 0.364 e. The molecule has 17 heavy (non-hydrogen) atoms. The van der Waals surface area contributed by atoms with Gasteiger partial charge >= 0.3 is 5.97 Å². The molecule has 3 nitrogen and oxygen atoms in total. The largest absolute Gasteiger partial charge is 0.497 e. The van der Waals surface area contributed by atoms with Crippen molar-refractivity contribution in [1.29, 1.82) is 0 Å². The molecule has 0 saturated heterocycles. The van der Waals surface area contributed by atoms with Crippen LogP contribution in [-0.2, 0) is 4.79 Å². The highest BCUT2D eigenvalue weighted by Crippen LogP contribution is 2.26. The maximum Gasteiger partial charge on any atom is 0.364 e. The van der Waals surface area contributed by atoms with Gasteiger partial charge in [-0.1, -0.05) is 19.1 Å². The van der Waals surface area contributed by atoms with E-state index in [1.807, 2.05) is 13.0 Å². The number of carboxylic acid groups (broad SMARTS) is 1. The number of hydrogen-bond acceptors (Lipinski definition) is 2. The maximum atomic E-state index is 13.1. The average molecular weight is 238 g/mol. The highest BCUT2D eigenvalue weighted by atomic mass is 19.1. The minimum absolute atomic E-state index is 0.263. The molecule has 0 spiro atoms. The van der Waals surface area contributed by atoms with Gasteiger partial charge in [-0.15, -0.1) is 0 Å². The van der Waals surface area contributed by atoms with Gasteiger partial charge in [-0.3, -0.25) is 0 Å². The third-order valence-electron chi connectivity index (χ3n) is 2.51. The first-order valence-corrected chi connectivity index (χ1v) is 5.33. The van der Waals surface area contributed by atoms with Crippen LogP contribution in [0.3, 0.4) is 0 Å². The Hall–Kier alpha value is -1.84. The number of methoxy groups -OCH3 is 1. The first-order valence-electron chi connectivity index (χ1n) is 5.33. The minimum Gasteiger partial charge on any atom is -0.497 e. The fourth-order valence-electron chi connectivity index (χ4n) is 1.57. The van der Waals surface area contributed by atoms with Gasteiger partial charge in [0, 0.05) is 5.92 Å². The van der Waals surface area contributed by atoms with E-state index < -0.39 is 11.8 Å². The Labute approximate surface area is 99.5 Å². The highest BCUT2D eigenvalue weighted by Gasteiger charge is 2.12. The Morgan fingerprint density at radius 2 is 2.29 bits per heavy atom. The summed E-state index contributed by atoms with van der Waals surface area (Å²) in [6.45, 7) is 1.87. The van der Waals surface area contributed by atoms with Crippen molar-refractivity contribution in [3.8, 4) is 5.75 Å². The fourth-order valence-corrected chi connectivity index (χ4v) is 1.57. The van der Waals surface area contributed by atoms with Gasteiger partial charge in [0.05, 0.1) is 7.11 Å². The molecule has 1 rings (SSSR count). The molecule has 0 fully saturated rings.